The standard InChI is InChI=1S/C13H16ClN3O3S2.C10H19BO3.C9H9BrClN3O2S2/c1-4-20-8-7-13-15-9-10(11-5-6-12(14)21-11)17(13)22(18,19)16(2)3;1-6-12-8-7-11-13-9(2,3)10(4,5)14-11;1-13(2)18(15,16)14-6(5-12-9(14)10)7-3-4-8(11)17-7/h5-9H,4H2,1-3H3;7-8H,6H2,1-5H3;3-5H,1-2H3/b2*8-7+;. The molecule has 4 aromatic heterocycles. The summed E-state index contributed by atoms with van der Waals surface area (Å²) in [7, 11) is -1.79. The summed E-state index contributed by atoms with van der Waals surface area (Å²) in [5, 5.41) is 0. The minimum atomic E-state index is -3.73. The molecule has 0 amide bonds. The van der Waals surface area contributed by atoms with Crippen molar-refractivity contribution >= 4 is 95.4 Å². The second-order valence-electron chi connectivity index (χ2n) is 12.4. The summed E-state index contributed by atoms with van der Waals surface area (Å²) in [6, 6.07) is 6.96. The van der Waals surface area contributed by atoms with Crippen molar-refractivity contribution in [1.82, 2.24) is 26.5 Å². The van der Waals surface area contributed by atoms with Crippen LogP contribution in [0.1, 0.15) is 47.4 Å². The van der Waals surface area contributed by atoms with Gasteiger partial charge in [0, 0.05) is 34.3 Å². The van der Waals surface area contributed by atoms with Crippen molar-refractivity contribution in [2.24, 2.45) is 0 Å². The number of rotatable bonds is 12. The predicted octanol–water partition coefficient (Wildman–Crippen LogP) is 7.78. The highest BCUT2D eigenvalue weighted by Crippen LogP contribution is 2.37. The van der Waals surface area contributed by atoms with E-state index >= 15 is 0 Å². The molecule has 0 aliphatic carbocycles. The maximum absolute atomic E-state index is 12.6. The Balaban J connectivity index is 0.000000224. The zero-order valence-electron chi connectivity index (χ0n) is 31.5. The summed E-state index contributed by atoms with van der Waals surface area (Å²) in [6.45, 7) is 13.0. The van der Waals surface area contributed by atoms with Gasteiger partial charge in [0.15, 0.2) is 10.6 Å². The molecular weight excluding hydrogens is 886 g/mol. The second kappa shape index (κ2) is 19.3. The maximum Gasteiger partial charge on any atom is 0.490 e. The second-order valence-corrected chi connectivity index (χ2v) is 20.5. The van der Waals surface area contributed by atoms with Gasteiger partial charge in [-0.25, -0.2) is 13.9 Å². The largest absolute Gasteiger partial charge is 0.502 e. The van der Waals surface area contributed by atoms with E-state index in [4.69, 9.17) is 42.0 Å². The van der Waals surface area contributed by atoms with Crippen LogP contribution in [0.25, 0.3) is 27.2 Å². The molecule has 0 bridgehead atoms. The fourth-order valence-corrected chi connectivity index (χ4v) is 9.26. The topological polar surface area (TPSA) is 147 Å². The van der Waals surface area contributed by atoms with Gasteiger partial charge in [-0.3, -0.25) is 0 Å². The summed E-state index contributed by atoms with van der Waals surface area (Å²) in [5.41, 5.74) is 0.400. The molecule has 14 nitrogen and oxygen atoms in total. The van der Waals surface area contributed by atoms with E-state index in [9.17, 15) is 16.8 Å². The van der Waals surface area contributed by atoms with Gasteiger partial charge in [-0.15, -0.1) is 22.7 Å². The van der Waals surface area contributed by atoms with Crippen LogP contribution in [0.4, 0.5) is 0 Å². The highest BCUT2D eigenvalue weighted by atomic mass is 79.9. The normalized spacial score (nSPS) is 15.5. The molecule has 0 radical (unpaired) electrons. The monoisotopic (exact) mass is 928 g/mol. The van der Waals surface area contributed by atoms with Crippen LogP contribution in [0.15, 0.2) is 59.9 Å². The van der Waals surface area contributed by atoms with E-state index in [0.717, 1.165) is 22.3 Å². The lowest BCUT2D eigenvalue weighted by Gasteiger charge is -2.32. The van der Waals surface area contributed by atoms with Gasteiger partial charge >= 0.3 is 27.5 Å². The molecule has 0 aromatic carbocycles. The van der Waals surface area contributed by atoms with Crippen LogP contribution in [0.2, 0.25) is 8.67 Å². The van der Waals surface area contributed by atoms with Crippen molar-refractivity contribution < 1.29 is 35.6 Å². The number of hydrogen-bond donors (Lipinski definition) is 0. The third kappa shape index (κ3) is 11.2. The average molecular weight is 931 g/mol. The number of aromatic nitrogens is 4. The molecule has 4 aromatic rings. The van der Waals surface area contributed by atoms with Gasteiger partial charge in [0.1, 0.15) is 0 Å². The molecule has 0 saturated carbocycles. The molecule has 22 heteroatoms. The van der Waals surface area contributed by atoms with Crippen LogP contribution in [0.3, 0.4) is 0 Å². The van der Waals surface area contributed by atoms with E-state index in [1.54, 1.807) is 36.5 Å². The lowest BCUT2D eigenvalue weighted by Crippen LogP contribution is -2.41. The minimum absolute atomic E-state index is 0.232. The molecule has 0 N–H and O–H groups in total. The molecule has 5 heterocycles. The van der Waals surface area contributed by atoms with Crippen molar-refractivity contribution in [3.05, 3.63) is 74.4 Å². The van der Waals surface area contributed by atoms with E-state index in [2.05, 4.69) is 25.9 Å². The first-order chi connectivity index (χ1) is 25.1. The first kappa shape index (κ1) is 46.1. The van der Waals surface area contributed by atoms with Crippen molar-refractivity contribution in [2.75, 3.05) is 41.4 Å². The Kier molecular flexibility index (Phi) is 16.5. The van der Waals surface area contributed by atoms with Crippen LogP contribution in [0.5, 0.6) is 0 Å². The molecule has 298 valence electrons. The molecule has 5 rings (SSSR count). The first-order valence-corrected chi connectivity index (χ1v) is 22.2. The molecule has 0 spiro atoms. The van der Waals surface area contributed by atoms with Crippen LogP contribution in [-0.2, 0) is 39.2 Å². The van der Waals surface area contributed by atoms with E-state index in [-0.39, 0.29) is 28.9 Å². The van der Waals surface area contributed by atoms with Gasteiger partial charge in [0.05, 0.1) is 79.1 Å². The number of thiophene rings is 2. The molecule has 0 atom stereocenters. The van der Waals surface area contributed by atoms with Crippen LogP contribution in [-0.4, -0.2) is 103 Å². The van der Waals surface area contributed by atoms with Crippen LogP contribution in [0, 0.1) is 0 Å². The number of imidazole rings is 2. The van der Waals surface area contributed by atoms with Crippen molar-refractivity contribution in [3.63, 3.8) is 0 Å². The Labute approximate surface area is 344 Å². The first-order valence-electron chi connectivity index (χ1n) is 16.2. The molecule has 1 aliphatic heterocycles. The lowest BCUT2D eigenvalue weighted by atomic mass is 9.90. The van der Waals surface area contributed by atoms with E-state index in [1.807, 2.05) is 41.5 Å². The van der Waals surface area contributed by atoms with Crippen LogP contribution >= 0.6 is 61.8 Å². The fraction of sp³-hybridized carbons (Fsp3) is 0.438. The third-order valence-corrected chi connectivity index (χ3v) is 14.5. The number of hydrogen-bond acceptors (Lipinski definition) is 12. The smallest absolute Gasteiger partial charge is 0.490 e. The summed E-state index contributed by atoms with van der Waals surface area (Å²) in [4.78, 5) is 9.63. The lowest BCUT2D eigenvalue weighted by molar-refractivity contribution is 0.00578. The van der Waals surface area contributed by atoms with E-state index in [1.165, 1.54) is 79.6 Å². The number of ether oxygens (including phenoxy) is 2. The molecule has 0 unspecified atom stereocenters. The SMILES string of the molecule is CCO/C=C/B1OC(C)(C)C(C)(C)O1.CCO/C=C/c1ncc(-c2ccc(Cl)s2)n1S(=O)(=O)N(C)C.CN(C)S(=O)(=O)n1c(-c2ccc(Cl)s2)cnc1Br. The van der Waals surface area contributed by atoms with Gasteiger partial charge in [0.2, 0.25) is 0 Å². The Hall–Kier alpha value is -2.24. The average Bonchev–Trinajstić information content (AvgIpc) is 3.90. The number of halogens is 3. The summed E-state index contributed by atoms with van der Waals surface area (Å²) < 4.78 is 77.2. The zero-order chi connectivity index (χ0) is 40.6. The van der Waals surface area contributed by atoms with Gasteiger partial charge < -0.3 is 18.8 Å². The van der Waals surface area contributed by atoms with Crippen molar-refractivity contribution in [1.29, 1.82) is 0 Å². The fourth-order valence-electron chi connectivity index (χ4n) is 4.19. The predicted molar refractivity (Wildman–Crippen MR) is 222 cm³/mol. The molecule has 54 heavy (non-hydrogen) atoms. The van der Waals surface area contributed by atoms with Gasteiger partial charge in [-0.05, 0) is 87.7 Å². The molecule has 1 aliphatic rings. The highest BCUT2D eigenvalue weighted by Gasteiger charge is 2.50. The summed E-state index contributed by atoms with van der Waals surface area (Å²) in [5.74, 6) is 2.06. The maximum atomic E-state index is 12.6. The Morgan fingerprint density at radius 1 is 0.796 bits per heavy atom. The molecule has 1 fully saturated rings. The zero-order valence-corrected chi connectivity index (χ0v) is 37.8. The summed E-state index contributed by atoms with van der Waals surface area (Å²) in [6.07, 6.45) is 7.57. The van der Waals surface area contributed by atoms with Crippen molar-refractivity contribution in [2.45, 2.75) is 52.7 Å². The minimum Gasteiger partial charge on any atom is -0.502 e. The Morgan fingerprint density at radius 2 is 1.24 bits per heavy atom. The number of nitrogens with zero attached hydrogens (tertiary/aromatic N) is 6. The van der Waals surface area contributed by atoms with Crippen LogP contribution < -0.4 is 0 Å². The van der Waals surface area contributed by atoms with E-state index in [0.29, 0.717) is 33.3 Å². The molecule has 1 saturated heterocycles. The van der Waals surface area contributed by atoms with Gasteiger partial charge in [-0.1, -0.05) is 23.2 Å². The van der Waals surface area contributed by atoms with E-state index < -0.39 is 20.4 Å². The Bertz CT molecular complexity index is 2110. The molecular formula is C32H44BBrCl2N6O8S4. The highest BCUT2D eigenvalue weighted by molar-refractivity contribution is 9.10. The third-order valence-electron chi connectivity index (χ3n) is 7.71. The van der Waals surface area contributed by atoms with Gasteiger partial charge in [-0.2, -0.15) is 29.4 Å². The van der Waals surface area contributed by atoms with Crippen molar-refractivity contribution in [3.8, 4) is 21.1 Å². The quantitative estimate of drug-likeness (QED) is 0.102. The Morgan fingerprint density at radius 3 is 1.69 bits per heavy atom. The van der Waals surface area contributed by atoms with Gasteiger partial charge in [0.25, 0.3) is 0 Å². The summed E-state index contributed by atoms with van der Waals surface area (Å²) >= 11 is 17.5.